The van der Waals surface area contributed by atoms with Gasteiger partial charge in [-0.25, -0.2) is 24.4 Å². The number of cyclic esters (lactones) is 2. The zero-order valence-electron chi connectivity index (χ0n) is 56.7. The fraction of sp³-hybridized carbons (Fsp3) is 0.469. The summed E-state index contributed by atoms with van der Waals surface area (Å²) in [5.74, 6) is -7.33. The lowest BCUT2D eigenvalue weighted by molar-refractivity contribution is -0.192. The van der Waals surface area contributed by atoms with Crippen molar-refractivity contribution in [1.82, 2.24) is 24.4 Å². The minimum absolute atomic E-state index is 0.0376. The molecule has 6 aromatic rings. The summed E-state index contributed by atoms with van der Waals surface area (Å²) in [4.78, 5) is 108. The number of nitrogens with two attached hydrogens (primary N) is 1. The molecule has 8 heterocycles. The third-order valence-corrected chi connectivity index (χ3v) is 26.9. The van der Waals surface area contributed by atoms with E-state index in [1.807, 2.05) is 57.5 Å². The van der Waals surface area contributed by atoms with E-state index in [0.29, 0.717) is 59.7 Å². The Morgan fingerprint density at radius 1 is 0.596 bits per heavy atom. The zero-order chi connectivity index (χ0) is 78.1. The van der Waals surface area contributed by atoms with Crippen LogP contribution in [0.5, 0.6) is 0 Å². The number of halogens is 12. The van der Waals surface area contributed by atoms with Crippen LogP contribution in [-0.4, -0.2) is 129 Å². The average Bonchev–Trinajstić information content (AvgIpc) is 1.50. The van der Waals surface area contributed by atoms with Gasteiger partial charge in [0, 0.05) is 69.6 Å². The number of aryl methyl sites for hydroxylation is 2. The molecule has 0 aliphatic carbocycles. The molecule has 104 heavy (non-hydrogen) atoms. The van der Waals surface area contributed by atoms with Crippen LogP contribution < -0.4 is 22.2 Å². The normalized spacial score (nSPS) is 17.0. The van der Waals surface area contributed by atoms with Gasteiger partial charge in [0.1, 0.15) is 13.2 Å². The molecule has 1 amide bonds. The standard InChI is InChI=1S/C31H34F3N3O6Si.C29H35N3O5Si.C2F6O5S2.C2HF3O2/c1-5-30(43-18(2)38)23-15-25-26-21(16-37(25)27(39)22(23)17-42-29(30)41)19(20-9-6-7-10-24(20)36-26)11-14-44(3,4)13-8-12-35-28(40)31(32,33)34;1-5-29(37-18(2)33)23-15-25-26-21(16-32(25)27(34)22(23)17-36-28(29)35)19(11-14-38(3,4)13-8-12-30)20-9-6-7-10-24(20)31-26;3-1(4,5)14(9,10)13-15(11,12)2(6,7)8;3-2(4,5)1(6)7/h6-7,9-10,15H,5,8,11-14,16-17H2,1-4H3,(H,35,40);6-7,9-10,15H,5,8,11-14,16-17,30H2,1-4H3;;(H,6,7)/t30-;29-;;/m00../s1. The van der Waals surface area contributed by atoms with Crippen molar-refractivity contribution in [2.75, 3.05) is 13.1 Å². The van der Waals surface area contributed by atoms with Crippen molar-refractivity contribution in [2.45, 2.75) is 177 Å². The number of pyridine rings is 4. The van der Waals surface area contributed by atoms with E-state index in [4.69, 9.17) is 44.6 Å². The van der Waals surface area contributed by atoms with Crippen molar-refractivity contribution in [3.63, 3.8) is 0 Å². The molecular weight excluding hydrogens is 1490 g/mol. The van der Waals surface area contributed by atoms with Gasteiger partial charge in [0.2, 0.25) is 11.2 Å². The number of alkyl halides is 12. The Balaban J connectivity index is 0.000000228. The van der Waals surface area contributed by atoms with Crippen molar-refractivity contribution in [3.05, 3.63) is 126 Å². The number of aromatic nitrogens is 4. The third kappa shape index (κ3) is 17.7. The number of ether oxygens (including phenoxy) is 4. The van der Waals surface area contributed by atoms with E-state index in [2.05, 4.69) is 32.3 Å². The number of fused-ring (bicyclic) bond motifs is 10. The van der Waals surface area contributed by atoms with E-state index in [1.165, 1.54) is 25.5 Å². The predicted molar refractivity (Wildman–Crippen MR) is 352 cm³/mol. The molecule has 4 aliphatic heterocycles. The number of para-hydroxylation sites is 2. The SMILES string of the molecule is CC[C@@]1(OC(C)=O)C(=O)OCc2c1cc1n(c2=O)Cc2c-1nc1ccccc1c2CC[Si](C)(C)CCCN.CC[C@@]1(OC(C)=O)C(=O)OCc2c1cc1n(c2=O)Cc2c-1nc1ccccc1c2CC[Si](C)(C)CCCNC(=O)C(F)(F)F.O=C(O)C(F)(F)F.O=S(=O)(OS(=O)(=O)C(F)(F)F)C(F)(F)F. The first-order valence-electron chi connectivity index (χ1n) is 31.7. The molecule has 2 aromatic carbocycles. The van der Waals surface area contributed by atoms with Crippen LogP contribution in [0.1, 0.15) is 97.9 Å². The first-order valence-corrected chi connectivity index (χ1v) is 41.4. The molecule has 4 aliphatic rings. The summed E-state index contributed by atoms with van der Waals surface area (Å²) in [6, 6.07) is 23.2. The number of esters is 4. The minimum Gasteiger partial charge on any atom is -0.475 e. The molecule has 24 nitrogen and oxygen atoms in total. The molecule has 0 spiro atoms. The average molecular weight is 1560 g/mol. The molecule has 568 valence electrons. The summed E-state index contributed by atoms with van der Waals surface area (Å²) in [6.07, 6.45) is -6.65. The lowest BCUT2D eigenvalue weighted by Crippen LogP contribution is -2.47. The molecule has 40 heteroatoms. The van der Waals surface area contributed by atoms with E-state index in [0.717, 1.165) is 75.2 Å². The van der Waals surface area contributed by atoms with Crippen LogP contribution >= 0.6 is 0 Å². The van der Waals surface area contributed by atoms with Gasteiger partial charge in [0.15, 0.2) is 0 Å². The smallest absolute Gasteiger partial charge is 0.475 e. The Bertz CT molecular complexity index is 4720. The fourth-order valence-electron chi connectivity index (χ4n) is 12.4. The molecule has 4 N–H and O–H groups in total. The number of carbonyl (C=O) groups excluding carboxylic acids is 5. The highest BCUT2D eigenvalue weighted by Gasteiger charge is 2.58. The van der Waals surface area contributed by atoms with E-state index >= 15 is 0 Å². The molecule has 0 fully saturated rings. The second kappa shape index (κ2) is 30.8. The number of carbonyl (C=O) groups is 6. The second-order valence-electron chi connectivity index (χ2n) is 25.9. The lowest BCUT2D eigenvalue weighted by Gasteiger charge is -2.35. The van der Waals surface area contributed by atoms with Gasteiger partial charge in [-0.05, 0) is 80.5 Å². The number of aliphatic carboxylic acids is 1. The highest BCUT2D eigenvalue weighted by atomic mass is 32.3. The van der Waals surface area contributed by atoms with Crippen LogP contribution in [0.2, 0.25) is 50.4 Å². The number of nitrogens with zero attached hydrogens (tertiary/aromatic N) is 4. The van der Waals surface area contributed by atoms with Crippen LogP contribution in [0.25, 0.3) is 44.6 Å². The summed E-state index contributed by atoms with van der Waals surface area (Å²) in [6.45, 7) is 16.1. The highest BCUT2D eigenvalue weighted by Crippen LogP contribution is 2.45. The monoisotopic (exact) mass is 1560 g/mol. The number of carboxylic acid groups (broad SMARTS) is 1. The van der Waals surface area contributed by atoms with Crippen LogP contribution in [0, 0.1) is 0 Å². The summed E-state index contributed by atoms with van der Waals surface area (Å²) >= 11 is 0. The van der Waals surface area contributed by atoms with Crippen molar-refractivity contribution < 1.29 is 126 Å². The van der Waals surface area contributed by atoms with Crippen LogP contribution in [0.15, 0.2) is 70.3 Å². The number of hydrogen-bond donors (Lipinski definition) is 3. The number of amides is 1. The molecule has 10 rings (SSSR count). The van der Waals surface area contributed by atoms with Gasteiger partial charge in [0.25, 0.3) is 11.1 Å². The molecule has 0 saturated heterocycles. The largest absolute Gasteiger partial charge is 0.524 e. The minimum atomic E-state index is -6.85. The number of rotatable bonds is 19. The van der Waals surface area contributed by atoms with Gasteiger partial charge in [-0.3, -0.25) is 24.0 Å². The molecule has 2 atom stereocenters. The molecule has 0 radical (unpaired) electrons. The maximum Gasteiger partial charge on any atom is 0.524 e. The number of carboxylic acids is 1. The Morgan fingerprint density at radius 3 is 1.29 bits per heavy atom. The Morgan fingerprint density at radius 2 is 0.962 bits per heavy atom. The van der Waals surface area contributed by atoms with E-state index in [-0.39, 0.29) is 55.8 Å². The van der Waals surface area contributed by atoms with Gasteiger partial charge in [-0.15, -0.1) is 3.63 Å². The maximum atomic E-state index is 13.9. The predicted octanol–water partition coefficient (Wildman–Crippen LogP) is 10.6. The van der Waals surface area contributed by atoms with Crippen LogP contribution in [-0.2, 0) is 122 Å². The van der Waals surface area contributed by atoms with E-state index in [9.17, 15) is 103 Å². The van der Waals surface area contributed by atoms with Gasteiger partial charge in [-0.2, -0.15) is 69.5 Å². The maximum absolute atomic E-state index is 13.9. The van der Waals surface area contributed by atoms with Gasteiger partial charge in [-0.1, -0.05) is 101 Å². The summed E-state index contributed by atoms with van der Waals surface area (Å²) in [7, 11) is -17.1. The molecule has 0 saturated carbocycles. The number of benzene rings is 2. The van der Waals surface area contributed by atoms with E-state index < -0.39 is 107 Å². The zero-order valence-corrected chi connectivity index (χ0v) is 60.3. The quantitative estimate of drug-likeness (QED) is 0.0169. The summed E-state index contributed by atoms with van der Waals surface area (Å²) in [5, 5.41) is 11.1. The third-order valence-electron chi connectivity index (χ3n) is 17.7. The van der Waals surface area contributed by atoms with Crippen molar-refractivity contribution in [1.29, 1.82) is 0 Å². The van der Waals surface area contributed by atoms with Gasteiger partial charge < -0.3 is 44.2 Å². The molecular formula is C64H70F12N6O18S2Si2. The first-order chi connectivity index (χ1) is 47.9. The number of nitrogens with one attached hydrogen (secondary N) is 1. The molecule has 0 bridgehead atoms. The molecule has 4 aromatic heterocycles. The second-order valence-corrected chi connectivity index (χ2v) is 39.9. The summed E-state index contributed by atoms with van der Waals surface area (Å²) < 4.78 is 205. The van der Waals surface area contributed by atoms with Gasteiger partial charge >= 0.3 is 79.4 Å². The Labute approximate surface area is 586 Å². The summed E-state index contributed by atoms with van der Waals surface area (Å²) in [5.41, 5.74) is -0.916. The topological polar surface area (TPSA) is 345 Å². The van der Waals surface area contributed by atoms with Gasteiger partial charge in [0.05, 0.1) is 58.0 Å². The highest BCUT2D eigenvalue weighted by molar-refractivity contribution is 8.00. The Kier molecular flexibility index (Phi) is 24.5. The van der Waals surface area contributed by atoms with Crippen LogP contribution in [0.3, 0.4) is 0 Å². The first kappa shape index (κ1) is 82.7. The van der Waals surface area contributed by atoms with E-state index in [1.54, 1.807) is 29.0 Å². The fourth-order valence-corrected chi connectivity index (χ4v) is 18.6. The lowest BCUT2D eigenvalue weighted by atomic mass is 9.85. The Hall–Kier alpha value is -8.61. The van der Waals surface area contributed by atoms with Crippen molar-refractivity contribution in [2.24, 2.45) is 5.73 Å². The molecule has 0 unspecified atom stereocenters. The van der Waals surface area contributed by atoms with Crippen LogP contribution in [0.4, 0.5) is 52.7 Å². The van der Waals surface area contributed by atoms with Crippen molar-refractivity contribution in [3.8, 4) is 22.8 Å². The van der Waals surface area contributed by atoms with Crippen molar-refractivity contribution >= 4 is 93.9 Å². The number of hydrogen-bond acceptors (Lipinski definition) is 20.